The van der Waals surface area contributed by atoms with Crippen molar-refractivity contribution in [2.45, 2.75) is 32.2 Å². The summed E-state index contributed by atoms with van der Waals surface area (Å²) in [4.78, 5) is 16.4. The number of rotatable bonds is 3. The van der Waals surface area contributed by atoms with E-state index >= 15 is 0 Å². The van der Waals surface area contributed by atoms with Gasteiger partial charge in [0.25, 0.3) is 0 Å². The maximum Gasteiger partial charge on any atom is 0.319 e. The molecule has 0 saturated heterocycles. The average Bonchev–Trinajstić information content (AvgIpc) is 2.89. The van der Waals surface area contributed by atoms with E-state index in [1.807, 2.05) is 31.2 Å². The standard InChI is InChI=1S/C17H21N3O2/c1-17(11-21)8-3-6-15(17)20-16(22)19-14-5-2-4-12-10-18-9-7-13(12)14/h2,4-5,7,9-10,15,21H,3,6,8,11H2,1H3,(H2,19,20,22)/t15-,17-/m1/s1. The third-order valence-electron chi connectivity index (χ3n) is 4.68. The average molecular weight is 299 g/mol. The predicted octanol–water partition coefficient (Wildman–Crippen LogP) is 2.91. The fraction of sp³-hybridized carbons (Fsp3) is 0.412. The summed E-state index contributed by atoms with van der Waals surface area (Å²) in [5.41, 5.74) is 0.543. The zero-order valence-corrected chi connectivity index (χ0v) is 12.7. The molecule has 0 unspecified atom stereocenters. The molecule has 5 heteroatoms. The van der Waals surface area contributed by atoms with E-state index in [9.17, 15) is 9.90 Å². The molecule has 0 bridgehead atoms. The van der Waals surface area contributed by atoms with Gasteiger partial charge in [-0.1, -0.05) is 25.5 Å². The molecule has 2 amide bonds. The van der Waals surface area contributed by atoms with Crippen LogP contribution in [0.1, 0.15) is 26.2 Å². The van der Waals surface area contributed by atoms with Gasteiger partial charge in [-0.2, -0.15) is 0 Å². The molecule has 1 aromatic heterocycles. The van der Waals surface area contributed by atoms with Crippen molar-refractivity contribution in [1.29, 1.82) is 0 Å². The minimum absolute atomic E-state index is 0.00847. The highest BCUT2D eigenvalue weighted by Crippen LogP contribution is 2.37. The van der Waals surface area contributed by atoms with E-state index < -0.39 is 0 Å². The van der Waals surface area contributed by atoms with Crippen LogP contribution < -0.4 is 10.6 Å². The van der Waals surface area contributed by atoms with Crippen LogP contribution in [0, 0.1) is 5.41 Å². The number of pyridine rings is 1. The topological polar surface area (TPSA) is 74.2 Å². The lowest BCUT2D eigenvalue weighted by Gasteiger charge is -2.30. The number of amides is 2. The number of anilines is 1. The summed E-state index contributed by atoms with van der Waals surface area (Å²) >= 11 is 0. The Hall–Kier alpha value is -2.14. The molecule has 2 atom stereocenters. The Morgan fingerprint density at radius 3 is 3.14 bits per heavy atom. The fourth-order valence-electron chi connectivity index (χ4n) is 3.22. The second-order valence-electron chi connectivity index (χ2n) is 6.26. The van der Waals surface area contributed by atoms with Crippen molar-refractivity contribution >= 4 is 22.5 Å². The van der Waals surface area contributed by atoms with Gasteiger partial charge in [-0.15, -0.1) is 0 Å². The lowest BCUT2D eigenvalue weighted by atomic mass is 9.86. The first-order valence-corrected chi connectivity index (χ1v) is 7.63. The Labute approximate surface area is 129 Å². The minimum atomic E-state index is -0.226. The van der Waals surface area contributed by atoms with Crippen LogP contribution in [0.25, 0.3) is 10.8 Å². The van der Waals surface area contributed by atoms with Crippen molar-refractivity contribution in [3.05, 3.63) is 36.7 Å². The molecule has 1 aliphatic rings. The van der Waals surface area contributed by atoms with Crippen LogP contribution in [-0.2, 0) is 0 Å². The maximum absolute atomic E-state index is 12.3. The summed E-state index contributed by atoms with van der Waals surface area (Å²) in [6.45, 7) is 2.12. The molecule has 5 nitrogen and oxygen atoms in total. The largest absolute Gasteiger partial charge is 0.396 e. The van der Waals surface area contributed by atoms with Gasteiger partial charge in [-0.05, 0) is 25.0 Å². The Morgan fingerprint density at radius 1 is 1.45 bits per heavy atom. The van der Waals surface area contributed by atoms with Gasteiger partial charge in [-0.25, -0.2) is 4.79 Å². The van der Waals surface area contributed by atoms with E-state index in [-0.39, 0.29) is 24.1 Å². The number of hydrogen-bond acceptors (Lipinski definition) is 3. The number of urea groups is 1. The first-order chi connectivity index (χ1) is 10.6. The molecule has 22 heavy (non-hydrogen) atoms. The number of aliphatic hydroxyl groups excluding tert-OH is 1. The first-order valence-electron chi connectivity index (χ1n) is 7.63. The molecule has 1 saturated carbocycles. The zero-order valence-electron chi connectivity index (χ0n) is 12.7. The Kier molecular flexibility index (Phi) is 3.98. The predicted molar refractivity (Wildman–Crippen MR) is 86.7 cm³/mol. The highest BCUT2D eigenvalue weighted by molar-refractivity contribution is 6.01. The number of nitrogens with zero attached hydrogens (tertiary/aromatic N) is 1. The first kappa shape index (κ1) is 14.8. The van der Waals surface area contributed by atoms with Crippen LogP contribution in [0.4, 0.5) is 10.5 Å². The van der Waals surface area contributed by atoms with Crippen LogP contribution in [0.5, 0.6) is 0 Å². The van der Waals surface area contributed by atoms with Crippen LogP contribution in [0.2, 0.25) is 0 Å². The summed E-state index contributed by atoms with van der Waals surface area (Å²) in [5.74, 6) is 0. The number of aromatic nitrogens is 1. The van der Waals surface area contributed by atoms with Crippen molar-refractivity contribution in [1.82, 2.24) is 10.3 Å². The molecular weight excluding hydrogens is 278 g/mol. The van der Waals surface area contributed by atoms with Crippen molar-refractivity contribution in [3.63, 3.8) is 0 Å². The van der Waals surface area contributed by atoms with Crippen LogP contribution >= 0.6 is 0 Å². The molecule has 0 radical (unpaired) electrons. The second-order valence-corrected chi connectivity index (χ2v) is 6.26. The fourth-order valence-corrected chi connectivity index (χ4v) is 3.22. The van der Waals surface area contributed by atoms with Gasteiger partial charge in [0, 0.05) is 34.6 Å². The number of hydrogen-bond donors (Lipinski definition) is 3. The highest BCUT2D eigenvalue weighted by atomic mass is 16.3. The van der Waals surface area contributed by atoms with Gasteiger partial charge in [-0.3, -0.25) is 4.98 Å². The van der Waals surface area contributed by atoms with E-state index in [1.54, 1.807) is 12.4 Å². The number of aliphatic hydroxyl groups is 1. The van der Waals surface area contributed by atoms with E-state index in [4.69, 9.17) is 0 Å². The molecule has 0 spiro atoms. The van der Waals surface area contributed by atoms with Gasteiger partial charge >= 0.3 is 6.03 Å². The molecule has 0 aliphatic heterocycles. The van der Waals surface area contributed by atoms with Crippen molar-refractivity contribution in [2.24, 2.45) is 5.41 Å². The van der Waals surface area contributed by atoms with Crippen molar-refractivity contribution in [3.8, 4) is 0 Å². The van der Waals surface area contributed by atoms with Gasteiger partial charge in [0.15, 0.2) is 0 Å². The number of fused-ring (bicyclic) bond motifs is 1. The van der Waals surface area contributed by atoms with Crippen LogP contribution in [0.15, 0.2) is 36.7 Å². The molecule has 1 aliphatic carbocycles. The molecule has 1 heterocycles. The normalized spacial score (nSPS) is 24.4. The lowest BCUT2D eigenvalue weighted by Crippen LogP contribution is -2.46. The monoisotopic (exact) mass is 299 g/mol. The third-order valence-corrected chi connectivity index (χ3v) is 4.68. The number of benzene rings is 1. The zero-order chi connectivity index (χ0) is 15.6. The molecule has 2 aromatic rings. The maximum atomic E-state index is 12.3. The van der Waals surface area contributed by atoms with Crippen LogP contribution in [-0.4, -0.2) is 28.8 Å². The molecule has 1 fully saturated rings. The summed E-state index contributed by atoms with van der Waals surface area (Å²) in [7, 11) is 0. The molecular formula is C17H21N3O2. The van der Waals surface area contributed by atoms with Crippen LogP contribution in [0.3, 0.4) is 0 Å². The van der Waals surface area contributed by atoms with E-state index in [0.29, 0.717) is 0 Å². The summed E-state index contributed by atoms with van der Waals surface area (Å²) < 4.78 is 0. The summed E-state index contributed by atoms with van der Waals surface area (Å²) in [6, 6.07) is 7.41. The minimum Gasteiger partial charge on any atom is -0.396 e. The Bertz CT molecular complexity index is 683. The van der Waals surface area contributed by atoms with Crippen molar-refractivity contribution in [2.75, 3.05) is 11.9 Å². The molecule has 116 valence electrons. The van der Waals surface area contributed by atoms with E-state index in [0.717, 1.165) is 35.7 Å². The SMILES string of the molecule is C[C@]1(CO)CCC[C@H]1NC(=O)Nc1cccc2cnccc12. The van der Waals surface area contributed by atoms with Gasteiger partial charge in [0.1, 0.15) is 0 Å². The Morgan fingerprint density at radius 2 is 2.32 bits per heavy atom. The summed E-state index contributed by atoms with van der Waals surface area (Å²) in [5, 5.41) is 17.4. The van der Waals surface area contributed by atoms with Gasteiger partial charge in [0.05, 0.1) is 12.3 Å². The molecule has 1 aromatic carbocycles. The third kappa shape index (κ3) is 2.76. The van der Waals surface area contributed by atoms with Gasteiger partial charge in [0.2, 0.25) is 0 Å². The smallest absolute Gasteiger partial charge is 0.319 e. The molecule has 3 N–H and O–H groups in total. The molecule has 3 rings (SSSR count). The number of carbonyl (C=O) groups is 1. The Balaban J connectivity index is 1.74. The van der Waals surface area contributed by atoms with E-state index in [2.05, 4.69) is 15.6 Å². The summed E-state index contributed by atoms with van der Waals surface area (Å²) in [6.07, 6.45) is 6.36. The van der Waals surface area contributed by atoms with E-state index in [1.165, 1.54) is 0 Å². The highest BCUT2D eigenvalue weighted by Gasteiger charge is 2.39. The van der Waals surface area contributed by atoms with Crippen molar-refractivity contribution < 1.29 is 9.90 Å². The second kappa shape index (κ2) is 5.93. The number of nitrogens with one attached hydrogen (secondary N) is 2. The quantitative estimate of drug-likeness (QED) is 0.816. The lowest BCUT2D eigenvalue weighted by molar-refractivity contribution is 0.122. The number of carbonyl (C=O) groups excluding carboxylic acids is 1. The van der Waals surface area contributed by atoms with Gasteiger partial charge < -0.3 is 15.7 Å².